The van der Waals surface area contributed by atoms with E-state index in [9.17, 15) is 28.4 Å². The van der Waals surface area contributed by atoms with Crippen molar-refractivity contribution in [3.05, 3.63) is 123 Å². The lowest BCUT2D eigenvalue weighted by Gasteiger charge is -2.44. The van der Waals surface area contributed by atoms with Gasteiger partial charge in [-0.05, 0) is 109 Å². The first-order valence-corrected chi connectivity index (χ1v) is 23.3. The molecule has 0 spiro atoms. The lowest BCUT2D eigenvalue weighted by Crippen LogP contribution is -2.55. The molecule has 4 aromatic carbocycles. The van der Waals surface area contributed by atoms with Crippen molar-refractivity contribution in [3.8, 4) is 11.5 Å². The number of nitrogens with zero attached hydrogens (tertiary/aromatic N) is 3. The van der Waals surface area contributed by atoms with E-state index in [0.717, 1.165) is 48.6 Å². The predicted molar refractivity (Wildman–Crippen MR) is 245 cm³/mol. The molecule has 332 valence electrons. The van der Waals surface area contributed by atoms with Gasteiger partial charge in [-0.15, -0.1) is 0 Å². The fraction of sp³-hybridized carbons (Fsp3) is 0.383. The number of benzene rings is 4. The number of aliphatic hydroxyl groups is 1. The third-order valence-corrected chi connectivity index (χ3v) is 14.1. The number of sulfonamides is 1. The average Bonchev–Trinajstić information content (AvgIpc) is 3.75. The lowest BCUT2D eigenvalue weighted by atomic mass is 9.72. The van der Waals surface area contributed by atoms with E-state index < -0.39 is 43.2 Å². The van der Waals surface area contributed by atoms with E-state index in [1.807, 2.05) is 17.0 Å². The molecule has 14 nitrogen and oxygen atoms in total. The molecular weight excluding hydrogens is 844 g/mol. The van der Waals surface area contributed by atoms with Gasteiger partial charge in [0.2, 0.25) is 5.75 Å². The number of H-pyrrole nitrogens is 1. The Labute approximate surface area is 372 Å². The molecule has 1 aliphatic carbocycles. The van der Waals surface area contributed by atoms with Crippen LogP contribution in [0, 0.1) is 21.4 Å². The molecule has 0 radical (unpaired) electrons. The van der Waals surface area contributed by atoms with Gasteiger partial charge < -0.3 is 29.8 Å². The second-order valence-corrected chi connectivity index (χ2v) is 19.5. The van der Waals surface area contributed by atoms with Crippen LogP contribution in [-0.2, 0) is 14.8 Å². The summed E-state index contributed by atoms with van der Waals surface area (Å²) in [6, 6.07) is 23.5. The predicted octanol–water partition coefficient (Wildman–Crippen LogP) is 8.63. The van der Waals surface area contributed by atoms with Crippen LogP contribution in [0.3, 0.4) is 0 Å². The van der Waals surface area contributed by atoms with Crippen molar-refractivity contribution in [2.45, 2.75) is 56.9 Å². The van der Waals surface area contributed by atoms with Crippen molar-refractivity contribution >= 4 is 61.1 Å². The normalized spacial score (nSPS) is 18.7. The van der Waals surface area contributed by atoms with Crippen LogP contribution >= 0.6 is 11.6 Å². The van der Waals surface area contributed by atoms with Crippen molar-refractivity contribution in [1.82, 2.24) is 14.6 Å². The van der Waals surface area contributed by atoms with Crippen LogP contribution in [-0.4, -0.2) is 92.8 Å². The Morgan fingerprint density at radius 1 is 1.05 bits per heavy atom. The summed E-state index contributed by atoms with van der Waals surface area (Å²) in [6.45, 7) is 7.49. The minimum Gasteiger partial charge on any atom is -0.449 e. The summed E-state index contributed by atoms with van der Waals surface area (Å²) in [5.41, 5.74) is 4.41. The van der Waals surface area contributed by atoms with E-state index in [4.69, 9.17) is 21.1 Å². The standard InChI is InChI=1S/C47H53ClN6O8S/c1-47(2)18-14-35(39(26-47)32-8-10-36(48)11-9-32)28-52-20-21-53(29-37(52)30-55)41-25-42(63(59,60)51-46(56)33-6-4-3-5-7-33)45(62-38-12-13-40-34(24-38)15-19-49-40)44(54(57)58)43(41)50-27-31-16-22-61-23-17-31/h3-13,15,19,24-25,31,37,49-50,55H,14,16-18,20-23,26-30H2,1-2H3,(H,51,56). The lowest BCUT2D eigenvalue weighted by molar-refractivity contribution is -0.384. The first kappa shape index (κ1) is 44.2. The second-order valence-electron chi connectivity index (χ2n) is 17.5. The number of amides is 1. The summed E-state index contributed by atoms with van der Waals surface area (Å²) in [5.74, 6) is -1.16. The number of piperazine rings is 1. The van der Waals surface area contributed by atoms with E-state index in [1.54, 1.807) is 48.7 Å². The fourth-order valence-electron chi connectivity index (χ4n) is 8.95. The number of nitrogens with one attached hydrogen (secondary N) is 3. The van der Waals surface area contributed by atoms with E-state index >= 15 is 0 Å². The molecule has 63 heavy (non-hydrogen) atoms. The zero-order valence-corrected chi connectivity index (χ0v) is 37.0. The molecule has 1 aromatic heterocycles. The number of allylic oxidation sites excluding steroid dienone is 1. The third-order valence-electron chi connectivity index (χ3n) is 12.5. The molecule has 4 N–H and O–H groups in total. The molecule has 1 atom stereocenters. The molecule has 16 heteroatoms. The number of aromatic amines is 1. The minimum atomic E-state index is -4.83. The largest absolute Gasteiger partial charge is 0.449 e. The van der Waals surface area contributed by atoms with Gasteiger partial charge in [0.25, 0.3) is 15.9 Å². The zero-order valence-electron chi connectivity index (χ0n) is 35.4. The molecule has 3 heterocycles. The van der Waals surface area contributed by atoms with Gasteiger partial charge in [0.1, 0.15) is 16.3 Å². The Morgan fingerprint density at radius 2 is 1.81 bits per heavy atom. The number of nitro groups is 1. The highest BCUT2D eigenvalue weighted by molar-refractivity contribution is 7.90. The van der Waals surface area contributed by atoms with Crippen LogP contribution in [0.4, 0.5) is 17.1 Å². The topological polar surface area (TPSA) is 179 Å². The van der Waals surface area contributed by atoms with Gasteiger partial charge in [0, 0.05) is 73.6 Å². The van der Waals surface area contributed by atoms with Crippen LogP contribution in [0.25, 0.3) is 16.5 Å². The van der Waals surface area contributed by atoms with Crippen molar-refractivity contribution in [3.63, 3.8) is 0 Å². The maximum absolute atomic E-state index is 14.6. The fourth-order valence-corrected chi connectivity index (χ4v) is 10.2. The van der Waals surface area contributed by atoms with Crippen LogP contribution in [0.5, 0.6) is 11.5 Å². The number of carbonyl (C=O) groups is 1. The number of nitro benzene ring substituents is 1. The summed E-state index contributed by atoms with van der Waals surface area (Å²) in [7, 11) is -4.83. The Balaban J connectivity index is 1.21. The van der Waals surface area contributed by atoms with Gasteiger partial charge in [0.15, 0.2) is 0 Å². The Bertz CT molecular complexity index is 2610. The van der Waals surface area contributed by atoms with Crippen molar-refractivity contribution in [2.24, 2.45) is 11.3 Å². The third kappa shape index (κ3) is 10.0. The van der Waals surface area contributed by atoms with E-state index in [0.29, 0.717) is 44.4 Å². The number of hydrogen-bond acceptors (Lipinski definition) is 11. The van der Waals surface area contributed by atoms with E-state index in [-0.39, 0.29) is 47.2 Å². The highest BCUT2D eigenvalue weighted by atomic mass is 35.5. The molecule has 1 unspecified atom stereocenters. The quantitative estimate of drug-likeness (QED) is 0.0620. The number of carbonyl (C=O) groups excluding carboxylic acids is 1. The first-order valence-electron chi connectivity index (χ1n) is 21.4. The minimum absolute atomic E-state index is 0.0868. The van der Waals surface area contributed by atoms with Crippen molar-refractivity contribution in [1.29, 1.82) is 0 Å². The number of aromatic nitrogens is 1. The molecule has 3 aliphatic rings. The molecule has 2 fully saturated rings. The number of rotatable bonds is 14. The van der Waals surface area contributed by atoms with Crippen LogP contribution in [0.1, 0.15) is 61.9 Å². The summed E-state index contributed by atoms with van der Waals surface area (Å²) in [4.78, 5) is 33.0. The number of anilines is 2. The molecule has 5 aromatic rings. The second kappa shape index (κ2) is 18.7. The Kier molecular flexibility index (Phi) is 13.1. The van der Waals surface area contributed by atoms with Crippen LogP contribution in [0.15, 0.2) is 102 Å². The smallest absolute Gasteiger partial charge is 0.338 e. The monoisotopic (exact) mass is 896 g/mol. The Hall–Kier alpha value is -5.45. The summed E-state index contributed by atoms with van der Waals surface area (Å²) in [5, 5.41) is 29.3. The van der Waals surface area contributed by atoms with Crippen molar-refractivity contribution in [2.75, 3.05) is 62.8 Å². The summed E-state index contributed by atoms with van der Waals surface area (Å²) >= 11 is 6.28. The number of aliphatic hydroxyl groups excluding tert-OH is 1. The maximum atomic E-state index is 14.6. The number of hydrogen-bond donors (Lipinski definition) is 4. The molecule has 2 aliphatic heterocycles. The first-order chi connectivity index (χ1) is 30.3. The molecular formula is C47H53ClN6O8S. The molecule has 8 rings (SSSR count). The van der Waals surface area contributed by atoms with Crippen LogP contribution in [0.2, 0.25) is 5.02 Å². The summed E-state index contributed by atoms with van der Waals surface area (Å²) in [6.07, 6.45) is 6.02. The highest BCUT2D eigenvalue weighted by Crippen LogP contribution is 2.49. The molecule has 0 saturated carbocycles. The zero-order chi connectivity index (χ0) is 44.3. The number of fused-ring (bicyclic) bond motifs is 1. The van der Waals surface area contributed by atoms with Gasteiger partial charge >= 0.3 is 5.69 Å². The molecule has 0 bridgehead atoms. The highest BCUT2D eigenvalue weighted by Gasteiger charge is 2.39. The Morgan fingerprint density at radius 3 is 2.54 bits per heavy atom. The van der Waals surface area contributed by atoms with Gasteiger partial charge in [-0.3, -0.25) is 19.8 Å². The SMILES string of the molecule is CC1(C)CCC(CN2CCN(c3cc(S(=O)(=O)NC(=O)c4ccccc4)c(Oc4ccc5[nH]ccc5c4)c([N+](=O)[O-])c3NCC3CCOCC3)CC2CO)=C(c2ccc(Cl)cc2)C1. The van der Waals surface area contributed by atoms with Gasteiger partial charge in [-0.1, -0.05) is 61.4 Å². The van der Waals surface area contributed by atoms with Gasteiger partial charge in [0.05, 0.1) is 23.3 Å². The van der Waals surface area contributed by atoms with E-state index in [2.05, 4.69) is 45.9 Å². The van der Waals surface area contributed by atoms with Gasteiger partial charge in [-0.25, -0.2) is 13.1 Å². The van der Waals surface area contributed by atoms with Gasteiger partial charge in [-0.2, -0.15) is 0 Å². The summed E-state index contributed by atoms with van der Waals surface area (Å²) < 4.78 is 43.2. The van der Waals surface area contributed by atoms with Crippen LogP contribution < -0.4 is 19.7 Å². The van der Waals surface area contributed by atoms with E-state index in [1.165, 1.54) is 29.3 Å². The van der Waals surface area contributed by atoms with Crippen molar-refractivity contribution < 1.29 is 32.7 Å². The molecule has 2 saturated heterocycles. The number of ether oxygens (including phenoxy) is 2. The number of halogens is 1. The molecule has 1 amide bonds. The average molecular weight is 897 g/mol. The maximum Gasteiger partial charge on any atom is 0.338 e.